The van der Waals surface area contributed by atoms with E-state index in [1.54, 1.807) is 36.4 Å². The van der Waals surface area contributed by atoms with Gasteiger partial charge in [0.15, 0.2) is 0 Å². The lowest BCUT2D eigenvalue weighted by molar-refractivity contribution is 0.631. The summed E-state index contributed by atoms with van der Waals surface area (Å²) in [6.07, 6.45) is 1.47. The van der Waals surface area contributed by atoms with Crippen LogP contribution in [0.3, 0.4) is 0 Å². The molecule has 1 aliphatic rings. The van der Waals surface area contributed by atoms with E-state index in [-0.39, 0.29) is 28.5 Å². The van der Waals surface area contributed by atoms with Crippen LogP contribution in [0.5, 0.6) is 0 Å². The standard InChI is InChI=1S/C23H19FN4O3/c1-26-19(29)13-18(25-17-10-6-5-9-16(17)24)20-21(26)27(14-7-3-2-4-8-14)23(31)28(22(20)30)15-11-12-15/h2-10,13,15,25H,11-12H2,1H3. The van der Waals surface area contributed by atoms with Gasteiger partial charge >= 0.3 is 5.69 Å². The number of anilines is 2. The number of hydrogen-bond acceptors (Lipinski definition) is 4. The van der Waals surface area contributed by atoms with Gasteiger partial charge in [-0.3, -0.25) is 18.7 Å². The van der Waals surface area contributed by atoms with E-state index in [2.05, 4.69) is 5.32 Å². The van der Waals surface area contributed by atoms with Gasteiger partial charge in [-0.2, -0.15) is 0 Å². The normalized spacial score (nSPS) is 13.5. The van der Waals surface area contributed by atoms with E-state index in [1.165, 1.54) is 38.9 Å². The predicted octanol–water partition coefficient (Wildman–Crippen LogP) is 3.07. The summed E-state index contributed by atoms with van der Waals surface area (Å²) in [6.45, 7) is 0. The SMILES string of the molecule is Cn1c(=O)cc(Nc2ccccc2F)c2c(=O)n(C3CC3)c(=O)n(-c3ccccc3)c21. The number of nitrogens with zero attached hydrogens (tertiary/aromatic N) is 3. The second-order valence-corrected chi connectivity index (χ2v) is 7.62. The highest BCUT2D eigenvalue weighted by molar-refractivity contribution is 5.91. The van der Waals surface area contributed by atoms with E-state index in [9.17, 15) is 18.8 Å². The molecule has 8 heteroatoms. The summed E-state index contributed by atoms with van der Waals surface area (Å²) in [5, 5.41) is 3.05. The van der Waals surface area contributed by atoms with Crippen molar-refractivity contribution >= 4 is 22.4 Å². The van der Waals surface area contributed by atoms with Crippen molar-refractivity contribution in [2.75, 3.05) is 5.32 Å². The molecular weight excluding hydrogens is 399 g/mol. The molecule has 5 rings (SSSR count). The number of aryl methyl sites for hydroxylation is 1. The minimum Gasteiger partial charge on any atom is -0.352 e. The number of fused-ring (bicyclic) bond motifs is 1. The summed E-state index contributed by atoms with van der Waals surface area (Å²) in [4.78, 5) is 39.6. The first-order valence-corrected chi connectivity index (χ1v) is 9.95. The Morgan fingerprint density at radius 2 is 1.61 bits per heavy atom. The summed E-state index contributed by atoms with van der Waals surface area (Å²) in [7, 11) is 1.51. The van der Waals surface area contributed by atoms with Gasteiger partial charge in [-0.25, -0.2) is 13.8 Å². The van der Waals surface area contributed by atoms with Gasteiger partial charge < -0.3 is 5.32 Å². The molecule has 0 atom stereocenters. The Morgan fingerprint density at radius 1 is 0.935 bits per heavy atom. The summed E-state index contributed by atoms with van der Waals surface area (Å²) in [5.74, 6) is -0.518. The lowest BCUT2D eigenvalue weighted by Crippen LogP contribution is -2.41. The molecule has 1 fully saturated rings. The quantitative estimate of drug-likeness (QED) is 0.553. The zero-order valence-corrected chi connectivity index (χ0v) is 16.7. The second-order valence-electron chi connectivity index (χ2n) is 7.62. The van der Waals surface area contributed by atoms with E-state index in [0.717, 1.165) is 12.8 Å². The highest BCUT2D eigenvalue weighted by atomic mass is 19.1. The second kappa shape index (κ2) is 7.09. The molecule has 156 valence electrons. The van der Waals surface area contributed by atoms with Crippen LogP contribution in [-0.2, 0) is 7.05 Å². The van der Waals surface area contributed by atoms with Crippen LogP contribution in [0.1, 0.15) is 18.9 Å². The maximum Gasteiger partial charge on any atom is 0.337 e. The zero-order valence-electron chi connectivity index (χ0n) is 16.7. The van der Waals surface area contributed by atoms with Crippen molar-refractivity contribution in [2.45, 2.75) is 18.9 Å². The van der Waals surface area contributed by atoms with Crippen LogP contribution in [0.25, 0.3) is 16.7 Å². The number of halogens is 1. The molecule has 0 spiro atoms. The summed E-state index contributed by atoms with van der Waals surface area (Å²) < 4.78 is 18.2. The van der Waals surface area contributed by atoms with Crippen LogP contribution < -0.4 is 22.1 Å². The minimum atomic E-state index is -0.518. The molecule has 0 amide bonds. The van der Waals surface area contributed by atoms with Crippen molar-refractivity contribution in [2.24, 2.45) is 7.05 Å². The molecule has 0 saturated heterocycles. The number of rotatable bonds is 4. The van der Waals surface area contributed by atoms with Crippen molar-refractivity contribution in [1.29, 1.82) is 0 Å². The van der Waals surface area contributed by atoms with Crippen molar-refractivity contribution in [3.63, 3.8) is 0 Å². The van der Waals surface area contributed by atoms with Crippen LogP contribution in [0.15, 0.2) is 75.0 Å². The highest BCUT2D eigenvalue weighted by Crippen LogP contribution is 2.33. The summed E-state index contributed by atoms with van der Waals surface area (Å²) >= 11 is 0. The fourth-order valence-corrected chi connectivity index (χ4v) is 3.83. The number of pyridine rings is 1. The van der Waals surface area contributed by atoms with Gasteiger partial charge in [0.1, 0.15) is 16.9 Å². The minimum absolute atomic E-state index is 0.131. The van der Waals surface area contributed by atoms with Crippen LogP contribution in [0.2, 0.25) is 0 Å². The number of benzene rings is 2. The predicted molar refractivity (Wildman–Crippen MR) is 117 cm³/mol. The molecule has 0 radical (unpaired) electrons. The van der Waals surface area contributed by atoms with Gasteiger partial charge in [0, 0.05) is 19.2 Å². The third-order valence-electron chi connectivity index (χ3n) is 5.52. The fourth-order valence-electron chi connectivity index (χ4n) is 3.83. The molecule has 0 bridgehead atoms. The first-order valence-electron chi connectivity index (χ1n) is 9.95. The lowest BCUT2D eigenvalue weighted by atomic mass is 10.2. The largest absolute Gasteiger partial charge is 0.352 e. The molecule has 1 saturated carbocycles. The molecule has 2 heterocycles. The van der Waals surface area contributed by atoms with E-state index in [4.69, 9.17) is 0 Å². The number of aromatic nitrogens is 3. The Hall–Kier alpha value is -3.94. The lowest BCUT2D eigenvalue weighted by Gasteiger charge is -2.18. The van der Waals surface area contributed by atoms with E-state index in [1.807, 2.05) is 6.07 Å². The molecule has 31 heavy (non-hydrogen) atoms. The monoisotopic (exact) mass is 418 g/mol. The van der Waals surface area contributed by atoms with Gasteiger partial charge in [0.25, 0.3) is 11.1 Å². The molecule has 4 aromatic rings. The van der Waals surface area contributed by atoms with Crippen LogP contribution in [-0.4, -0.2) is 13.7 Å². The Kier molecular flexibility index (Phi) is 4.35. The van der Waals surface area contributed by atoms with Gasteiger partial charge in [-0.05, 0) is 37.1 Å². The van der Waals surface area contributed by atoms with E-state index >= 15 is 0 Å². The Balaban J connectivity index is 1.93. The van der Waals surface area contributed by atoms with Crippen LogP contribution in [0.4, 0.5) is 15.8 Å². The molecule has 0 unspecified atom stereocenters. The van der Waals surface area contributed by atoms with Gasteiger partial charge in [0.2, 0.25) is 0 Å². The molecule has 1 N–H and O–H groups in total. The first kappa shape index (κ1) is 19.0. The Labute approximate surface area is 175 Å². The summed E-state index contributed by atoms with van der Waals surface area (Å²) in [5.41, 5.74) is -0.444. The maximum absolute atomic E-state index is 14.3. The van der Waals surface area contributed by atoms with Crippen molar-refractivity contribution in [3.05, 3.63) is 97.7 Å². The number of para-hydroxylation sites is 2. The summed E-state index contributed by atoms with van der Waals surface area (Å²) in [6, 6.07) is 15.9. The average molecular weight is 418 g/mol. The zero-order chi connectivity index (χ0) is 21.7. The molecule has 2 aromatic carbocycles. The number of hydrogen-bond donors (Lipinski definition) is 1. The topological polar surface area (TPSA) is 78.0 Å². The molecule has 2 aromatic heterocycles. The van der Waals surface area contributed by atoms with Gasteiger partial charge in [-0.1, -0.05) is 30.3 Å². The molecule has 7 nitrogen and oxygen atoms in total. The first-order chi connectivity index (χ1) is 15.0. The smallest absolute Gasteiger partial charge is 0.337 e. The maximum atomic E-state index is 14.3. The molecule has 1 aliphatic carbocycles. The average Bonchev–Trinajstić information content (AvgIpc) is 3.59. The van der Waals surface area contributed by atoms with Crippen molar-refractivity contribution in [3.8, 4) is 5.69 Å². The van der Waals surface area contributed by atoms with E-state index < -0.39 is 22.6 Å². The Morgan fingerprint density at radius 3 is 2.29 bits per heavy atom. The third-order valence-corrected chi connectivity index (χ3v) is 5.52. The molecule has 0 aliphatic heterocycles. The van der Waals surface area contributed by atoms with Crippen LogP contribution >= 0.6 is 0 Å². The van der Waals surface area contributed by atoms with Crippen LogP contribution in [0, 0.1) is 5.82 Å². The molecular formula is C23H19FN4O3. The van der Waals surface area contributed by atoms with Gasteiger partial charge in [0.05, 0.1) is 17.1 Å². The van der Waals surface area contributed by atoms with E-state index in [0.29, 0.717) is 5.69 Å². The van der Waals surface area contributed by atoms with Gasteiger partial charge in [-0.15, -0.1) is 0 Å². The highest BCUT2D eigenvalue weighted by Gasteiger charge is 2.30. The Bertz CT molecular complexity index is 1500. The fraction of sp³-hybridized carbons (Fsp3) is 0.174. The van der Waals surface area contributed by atoms with Crippen molar-refractivity contribution < 1.29 is 4.39 Å². The number of nitrogens with one attached hydrogen (secondary N) is 1. The third kappa shape index (κ3) is 3.07. The van der Waals surface area contributed by atoms with Crippen molar-refractivity contribution in [1.82, 2.24) is 13.7 Å².